The summed E-state index contributed by atoms with van der Waals surface area (Å²) in [5.41, 5.74) is -0.747. The van der Waals surface area contributed by atoms with Crippen LogP contribution in [0.5, 0.6) is 0 Å². The van der Waals surface area contributed by atoms with Crippen molar-refractivity contribution in [3.63, 3.8) is 0 Å². The van der Waals surface area contributed by atoms with Gasteiger partial charge in [0.05, 0.1) is 11.5 Å². The van der Waals surface area contributed by atoms with Crippen LogP contribution in [0.2, 0.25) is 0 Å². The average Bonchev–Trinajstić information content (AvgIpc) is 2.24. The Morgan fingerprint density at radius 1 is 1.37 bits per heavy atom. The normalized spacial score (nSPS) is 27.9. The highest BCUT2D eigenvalue weighted by atomic mass is 16.4. The number of carboxylic acids is 1. The maximum Gasteiger partial charge on any atom is 0.317 e. The number of urea groups is 1. The molecule has 19 heavy (non-hydrogen) atoms. The minimum Gasteiger partial charge on any atom is -0.481 e. The molecule has 2 saturated carbocycles. The van der Waals surface area contributed by atoms with Gasteiger partial charge in [0.1, 0.15) is 0 Å². The van der Waals surface area contributed by atoms with E-state index >= 15 is 0 Å². The number of hydrogen-bond donors (Lipinski definition) is 3. The Bertz CT molecular complexity index is 362. The summed E-state index contributed by atoms with van der Waals surface area (Å²) >= 11 is 0. The van der Waals surface area contributed by atoms with Crippen LogP contribution in [0, 0.1) is 11.3 Å². The van der Waals surface area contributed by atoms with E-state index in [9.17, 15) is 14.7 Å². The number of aliphatic hydroxyl groups is 1. The Kier molecular flexibility index (Phi) is 3.99. The van der Waals surface area contributed by atoms with E-state index in [1.165, 1.54) is 0 Å². The Balaban J connectivity index is 1.73. The number of aliphatic hydroxyl groups excluding tert-OH is 1. The molecule has 0 aliphatic heterocycles. The van der Waals surface area contributed by atoms with E-state index in [0.29, 0.717) is 25.3 Å². The fourth-order valence-corrected chi connectivity index (χ4v) is 2.77. The van der Waals surface area contributed by atoms with Crippen molar-refractivity contribution in [3.8, 4) is 0 Å². The third-order valence-corrected chi connectivity index (χ3v) is 4.43. The van der Waals surface area contributed by atoms with Gasteiger partial charge in [0.15, 0.2) is 0 Å². The van der Waals surface area contributed by atoms with Crippen LogP contribution >= 0.6 is 0 Å². The Morgan fingerprint density at radius 3 is 2.42 bits per heavy atom. The summed E-state index contributed by atoms with van der Waals surface area (Å²) in [6, 6.07) is -0.228. The fourth-order valence-electron chi connectivity index (χ4n) is 2.77. The number of carbonyl (C=O) groups is 2. The van der Waals surface area contributed by atoms with Crippen molar-refractivity contribution in [1.29, 1.82) is 0 Å². The molecule has 2 amide bonds. The first-order chi connectivity index (χ1) is 8.93. The van der Waals surface area contributed by atoms with E-state index in [1.54, 1.807) is 11.9 Å². The molecule has 0 spiro atoms. The molecule has 2 rings (SSSR count). The van der Waals surface area contributed by atoms with E-state index in [1.807, 2.05) is 0 Å². The van der Waals surface area contributed by atoms with Crippen LogP contribution in [0.25, 0.3) is 0 Å². The van der Waals surface area contributed by atoms with Crippen molar-refractivity contribution in [2.24, 2.45) is 11.3 Å². The first kappa shape index (κ1) is 14.1. The Morgan fingerprint density at radius 2 is 2.00 bits per heavy atom. The number of carbonyl (C=O) groups excluding carboxylic acids is 1. The standard InChI is InChI=1S/C13H22N2O4/c1-15(7-9-5-10(16)6-9)12(19)14-8-13(11(17)18)3-2-4-13/h9-10,16H,2-8H2,1H3,(H,14,19)(H,17,18). The summed E-state index contributed by atoms with van der Waals surface area (Å²) in [5.74, 6) is -0.452. The van der Waals surface area contributed by atoms with Crippen LogP contribution in [0.1, 0.15) is 32.1 Å². The van der Waals surface area contributed by atoms with Crippen LogP contribution in [0.4, 0.5) is 4.79 Å². The first-order valence-corrected chi connectivity index (χ1v) is 6.83. The van der Waals surface area contributed by atoms with E-state index < -0.39 is 11.4 Å². The molecule has 108 valence electrons. The number of nitrogens with zero attached hydrogens (tertiary/aromatic N) is 1. The molecule has 0 radical (unpaired) electrons. The molecule has 6 nitrogen and oxygen atoms in total. The predicted octanol–water partition coefficient (Wildman–Crippen LogP) is 0.654. The zero-order chi connectivity index (χ0) is 14.0. The average molecular weight is 270 g/mol. The largest absolute Gasteiger partial charge is 0.481 e. The summed E-state index contributed by atoms with van der Waals surface area (Å²) in [6.45, 7) is 0.821. The molecule has 2 aliphatic carbocycles. The van der Waals surface area contributed by atoms with Crippen molar-refractivity contribution in [1.82, 2.24) is 10.2 Å². The van der Waals surface area contributed by atoms with E-state index in [-0.39, 0.29) is 18.7 Å². The van der Waals surface area contributed by atoms with Gasteiger partial charge in [0, 0.05) is 20.1 Å². The van der Waals surface area contributed by atoms with E-state index in [2.05, 4.69) is 5.32 Å². The van der Waals surface area contributed by atoms with Crippen molar-refractivity contribution < 1.29 is 19.8 Å². The monoisotopic (exact) mass is 270 g/mol. The number of hydrogen-bond acceptors (Lipinski definition) is 3. The van der Waals surface area contributed by atoms with Gasteiger partial charge in [-0.05, 0) is 31.6 Å². The van der Waals surface area contributed by atoms with Gasteiger partial charge in [-0.25, -0.2) is 4.79 Å². The van der Waals surface area contributed by atoms with E-state index in [4.69, 9.17) is 5.11 Å². The lowest BCUT2D eigenvalue weighted by molar-refractivity contribution is -0.153. The van der Waals surface area contributed by atoms with Gasteiger partial charge in [0.2, 0.25) is 0 Å². The zero-order valence-corrected chi connectivity index (χ0v) is 11.3. The molecular weight excluding hydrogens is 248 g/mol. The van der Waals surface area contributed by atoms with Gasteiger partial charge in [-0.2, -0.15) is 0 Å². The maximum absolute atomic E-state index is 11.9. The third kappa shape index (κ3) is 3.00. The summed E-state index contributed by atoms with van der Waals surface area (Å²) in [6.07, 6.45) is 3.47. The predicted molar refractivity (Wildman–Crippen MR) is 68.7 cm³/mol. The van der Waals surface area contributed by atoms with E-state index in [0.717, 1.165) is 19.3 Å². The highest BCUT2D eigenvalue weighted by Crippen LogP contribution is 2.40. The van der Waals surface area contributed by atoms with Gasteiger partial charge >= 0.3 is 12.0 Å². The minimum atomic E-state index is -0.816. The number of nitrogens with one attached hydrogen (secondary N) is 1. The van der Waals surface area contributed by atoms with Crippen LogP contribution < -0.4 is 5.32 Å². The molecule has 2 fully saturated rings. The molecule has 0 unspecified atom stereocenters. The van der Waals surface area contributed by atoms with Crippen LogP contribution in [-0.4, -0.2) is 53.4 Å². The van der Waals surface area contributed by atoms with Crippen molar-refractivity contribution in [3.05, 3.63) is 0 Å². The van der Waals surface area contributed by atoms with Crippen molar-refractivity contribution >= 4 is 12.0 Å². The third-order valence-electron chi connectivity index (χ3n) is 4.43. The second-order valence-corrected chi connectivity index (χ2v) is 5.97. The lowest BCUT2D eigenvalue weighted by Crippen LogP contribution is -2.51. The minimum absolute atomic E-state index is 0.207. The molecule has 0 saturated heterocycles. The lowest BCUT2D eigenvalue weighted by Gasteiger charge is -2.38. The SMILES string of the molecule is CN(CC1CC(O)C1)C(=O)NCC1(C(=O)O)CCC1. The van der Waals surface area contributed by atoms with Crippen LogP contribution in [0.3, 0.4) is 0 Å². The summed E-state index contributed by atoms with van der Waals surface area (Å²) < 4.78 is 0. The zero-order valence-electron chi connectivity index (χ0n) is 11.3. The number of aliphatic carboxylic acids is 1. The van der Waals surface area contributed by atoms with Crippen LogP contribution in [0.15, 0.2) is 0 Å². The number of rotatable bonds is 5. The first-order valence-electron chi connectivity index (χ1n) is 6.83. The molecule has 0 atom stereocenters. The second kappa shape index (κ2) is 5.36. The molecular formula is C13H22N2O4. The maximum atomic E-state index is 11.9. The molecule has 0 heterocycles. The Labute approximate surface area is 112 Å². The molecule has 6 heteroatoms. The molecule has 0 aromatic rings. The quantitative estimate of drug-likeness (QED) is 0.684. The number of carboxylic acid groups (broad SMARTS) is 1. The molecule has 0 aromatic heterocycles. The van der Waals surface area contributed by atoms with Gasteiger partial charge < -0.3 is 20.4 Å². The van der Waals surface area contributed by atoms with Crippen molar-refractivity contribution in [2.75, 3.05) is 20.1 Å². The molecule has 0 bridgehead atoms. The van der Waals surface area contributed by atoms with Crippen LogP contribution in [-0.2, 0) is 4.79 Å². The highest BCUT2D eigenvalue weighted by Gasteiger charge is 2.44. The lowest BCUT2D eigenvalue weighted by atomic mass is 9.69. The van der Waals surface area contributed by atoms with Gasteiger partial charge in [-0.3, -0.25) is 4.79 Å². The molecule has 2 aliphatic rings. The summed E-state index contributed by atoms with van der Waals surface area (Å²) in [4.78, 5) is 24.6. The van der Waals surface area contributed by atoms with Gasteiger partial charge in [0.25, 0.3) is 0 Å². The molecule has 0 aromatic carbocycles. The second-order valence-electron chi connectivity index (χ2n) is 5.97. The van der Waals surface area contributed by atoms with Gasteiger partial charge in [-0.1, -0.05) is 6.42 Å². The fraction of sp³-hybridized carbons (Fsp3) is 0.846. The smallest absolute Gasteiger partial charge is 0.317 e. The van der Waals surface area contributed by atoms with Gasteiger partial charge in [-0.15, -0.1) is 0 Å². The topological polar surface area (TPSA) is 89.9 Å². The summed E-state index contributed by atoms with van der Waals surface area (Å²) in [7, 11) is 1.70. The summed E-state index contributed by atoms with van der Waals surface area (Å²) in [5, 5.41) is 21.1. The molecule has 3 N–H and O–H groups in total. The Hall–Kier alpha value is -1.30. The highest BCUT2D eigenvalue weighted by molar-refractivity contribution is 5.78. The van der Waals surface area contributed by atoms with Crippen molar-refractivity contribution in [2.45, 2.75) is 38.2 Å². The number of amides is 2.